The molecule has 1 aromatic heterocycles. The van der Waals surface area contributed by atoms with Crippen molar-refractivity contribution in [1.82, 2.24) is 5.32 Å². The van der Waals surface area contributed by atoms with Crippen LogP contribution in [0.3, 0.4) is 0 Å². The molecule has 0 saturated heterocycles. The average Bonchev–Trinajstić information content (AvgIpc) is 2.56. The van der Waals surface area contributed by atoms with Crippen molar-refractivity contribution >= 4 is 43.2 Å². The minimum Gasteiger partial charge on any atom is -0.317 e. The lowest BCUT2D eigenvalue weighted by Gasteiger charge is -2.02. The summed E-state index contributed by atoms with van der Waals surface area (Å²) in [7, 11) is 0. The summed E-state index contributed by atoms with van der Waals surface area (Å²) in [5, 5.41) is 3.36. The highest BCUT2D eigenvalue weighted by atomic mass is 79.9. The molecule has 0 aliphatic rings. The third-order valence-electron chi connectivity index (χ3n) is 2.53. The summed E-state index contributed by atoms with van der Waals surface area (Å²) in [6.07, 6.45) is 6.49. The standard InChI is InChI=1S/C12H19Br2NS/c1-2-15-8-6-4-3-5-7-10-9-11(13)16-12(10)14/h9,15H,2-8H2,1H3. The minimum atomic E-state index is 1.09. The Balaban J connectivity index is 2.05. The molecular weight excluding hydrogens is 350 g/mol. The van der Waals surface area contributed by atoms with Gasteiger partial charge in [0.25, 0.3) is 0 Å². The molecule has 92 valence electrons. The van der Waals surface area contributed by atoms with Gasteiger partial charge in [0.15, 0.2) is 0 Å². The van der Waals surface area contributed by atoms with Crippen LogP contribution in [0.15, 0.2) is 13.6 Å². The van der Waals surface area contributed by atoms with Gasteiger partial charge in [-0.15, -0.1) is 11.3 Å². The molecule has 0 unspecified atom stereocenters. The fraction of sp³-hybridized carbons (Fsp3) is 0.667. The Hall–Kier alpha value is 0.620. The van der Waals surface area contributed by atoms with Crippen molar-refractivity contribution in [1.29, 1.82) is 0 Å². The number of thiophene rings is 1. The Bertz CT molecular complexity index is 299. The molecule has 0 aromatic carbocycles. The van der Waals surface area contributed by atoms with Crippen LogP contribution >= 0.6 is 43.2 Å². The quantitative estimate of drug-likeness (QED) is 0.637. The van der Waals surface area contributed by atoms with Gasteiger partial charge in [0.1, 0.15) is 0 Å². The van der Waals surface area contributed by atoms with Crippen LogP contribution in [0.4, 0.5) is 0 Å². The zero-order chi connectivity index (χ0) is 11.8. The number of hydrogen-bond donors (Lipinski definition) is 1. The fourth-order valence-corrected chi connectivity index (χ4v) is 4.55. The van der Waals surface area contributed by atoms with Gasteiger partial charge in [-0.25, -0.2) is 0 Å². The third kappa shape index (κ3) is 5.80. The molecule has 0 atom stereocenters. The van der Waals surface area contributed by atoms with E-state index in [4.69, 9.17) is 0 Å². The highest BCUT2D eigenvalue weighted by molar-refractivity contribution is 9.12. The normalized spacial score (nSPS) is 10.9. The summed E-state index contributed by atoms with van der Waals surface area (Å²) in [5.74, 6) is 0. The Morgan fingerprint density at radius 2 is 1.94 bits per heavy atom. The van der Waals surface area contributed by atoms with Crippen molar-refractivity contribution in [3.05, 3.63) is 19.2 Å². The first-order valence-corrected chi connectivity index (χ1v) is 8.28. The Morgan fingerprint density at radius 1 is 1.19 bits per heavy atom. The van der Waals surface area contributed by atoms with Crippen molar-refractivity contribution in [2.45, 2.75) is 39.0 Å². The van der Waals surface area contributed by atoms with Gasteiger partial charge in [-0.05, 0) is 75.8 Å². The van der Waals surface area contributed by atoms with E-state index in [1.165, 1.54) is 51.8 Å². The number of hydrogen-bond acceptors (Lipinski definition) is 2. The third-order valence-corrected chi connectivity index (χ3v) is 4.99. The van der Waals surface area contributed by atoms with Gasteiger partial charge in [0.2, 0.25) is 0 Å². The fourth-order valence-electron chi connectivity index (χ4n) is 1.64. The van der Waals surface area contributed by atoms with E-state index < -0.39 is 0 Å². The molecule has 0 amide bonds. The van der Waals surface area contributed by atoms with E-state index in [1.807, 2.05) is 0 Å². The molecule has 16 heavy (non-hydrogen) atoms. The maximum Gasteiger partial charge on any atom is 0.0742 e. The van der Waals surface area contributed by atoms with Crippen LogP contribution in [0.25, 0.3) is 0 Å². The van der Waals surface area contributed by atoms with E-state index in [1.54, 1.807) is 11.3 Å². The number of unbranched alkanes of at least 4 members (excludes halogenated alkanes) is 3. The molecule has 0 fully saturated rings. The van der Waals surface area contributed by atoms with Gasteiger partial charge in [0.05, 0.1) is 7.57 Å². The van der Waals surface area contributed by atoms with Gasteiger partial charge in [-0.1, -0.05) is 19.8 Å². The molecular formula is C12H19Br2NS. The van der Waals surface area contributed by atoms with Gasteiger partial charge in [-0.3, -0.25) is 0 Å². The highest BCUT2D eigenvalue weighted by Crippen LogP contribution is 2.32. The van der Waals surface area contributed by atoms with Crippen LogP contribution in [0.5, 0.6) is 0 Å². The molecule has 0 spiro atoms. The molecule has 1 nitrogen and oxygen atoms in total. The van der Waals surface area contributed by atoms with E-state index in [9.17, 15) is 0 Å². The molecule has 1 rings (SSSR count). The first-order chi connectivity index (χ1) is 7.74. The zero-order valence-electron chi connectivity index (χ0n) is 9.69. The van der Waals surface area contributed by atoms with Crippen molar-refractivity contribution in [2.75, 3.05) is 13.1 Å². The van der Waals surface area contributed by atoms with Crippen molar-refractivity contribution < 1.29 is 0 Å². The molecule has 1 aromatic rings. The first kappa shape index (κ1) is 14.7. The van der Waals surface area contributed by atoms with Crippen molar-refractivity contribution in [3.8, 4) is 0 Å². The van der Waals surface area contributed by atoms with Gasteiger partial charge in [0, 0.05) is 0 Å². The number of halogens is 2. The second-order valence-electron chi connectivity index (χ2n) is 3.87. The molecule has 0 aliphatic carbocycles. The molecule has 0 saturated carbocycles. The lowest BCUT2D eigenvalue weighted by atomic mass is 10.1. The predicted molar refractivity (Wildman–Crippen MR) is 80.4 cm³/mol. The second-order valence-corrected chi connectivity index (χ2v) is 7.62. The van der Waals surface area contributed by atoms with E-state index in [2.05, 4.69) is 50.2 Å². The largest absolute Gasteiger partial charge is 0.317 e. The number of aryl methyl sites for hydroxylation is 1. The maximum atomic E-state index is 3.60. The van der Waals surface area contributed by atoms with Crippen molar-refractivity contribution in [3.63, 3.8) is 0 Å². The SMILES string of the molecule is CCNCCCCCCc1cc(Br)sc1Br. The zero-order valence-corrected chi connectivity index (χ0v) is 13.7. The smallest absolute Gasteiger partial charge is 0.0742 e. The Labute approximate surface area is 119 Å². The van der Waals surface area contributed by atoms with Gasteiger partial charge >= 0.3 is 0 Å². The Morgan fingerprint density at radius 3 is 2.56 bits per heavy atom. The highest BCUT2D eigenvalue weighted by Gasteiger charge is 2.04. The molecule has 0 radical (unpaired) electrons. The maximum absolute atomic E-state index is 3.60. The lowest BCUT2D eigenvalue weighted by Crippen LogP contribution is -2.13. The van der Waals surface area contributed by atoms with E-state index in [-0.39, 0.29) is 0 Å². The van der Waals surface area contributed by atoms with E-state index in [0.717, 1.165) is 6.54 Å². The topological polar surface area (TPSA) is 12.0 Å². The first-order valence-electron chi connectivity index (χ1n) is 5.88. The van der Waals surface area contributed by atoms with E-state index in [0.29, 0.717) is 0 Å². The summed E-state index contributed by atoms with van der Waals surface area (Å²) in [6, 6.07) is 2.23. The van der Waals surface area contributed by atoms with Crippen LogP contribution in [0.2, 0.25) is 0 Å². The molecule has 0 aliphatic heterocycles. The van der Waals surface area contributed by atoms with Gasteiger partial charge in [-0.2, -0.15) is 0 Å². The summed E-state index contributed by atoms with van der Waals surface area (Å²) < 4.78 is 2.51. The van der Waals surface area contributed by atoms with Crippen LogP contribution in [0.1, 0.15) is 38.2 Å². The summed E-state index contributed by atoms with van der Waals surface area (Å²) >= 11 is 8.88. The Kier molecular flexibility index (Phi) is 7.96. The van der Waals surface area contributed by atoms with Crippen LogP contribution in [-0.4, -0.2) is 13.1 Å². The van der Waals surface area contributed by atoms with Crippen molar-refractivity contribution in [2.24, 2.45) is 0 Å². The van der Waals surface area contributed by atoms with Crippen LogP contribution < -0.4 is 5.32 Å². The second kappa shape index (κ2) is 8.67. The summed E-state index contributed by atoms with van der Waals surface area (Å²) in [5.41, 5.74) is 1.45. The number of rotatable bonds is 8. The van der Waals surface area contributed by atoms with Crippen LogP contribution in [0, 0.1) is 0 Å². The monoisotopic (exact) mass is 367 g/mol. The lowest BCUT2D eigenvalue weighted by molar-refractivity contribution is 0.598. The predicted octanol–water partition coefficient (Wildman–Crippen LogP) is 4.99. The molecule has 1 heterocycles. The average molecular weight is 369 g/mol. The minimum absolute atomic E-state index is 1.09. The molecule has 0 bridgehead atoms. The van der Waals surface area contributed by atoms with E-state index >= 15 is 0 Å². The van der Waals surface area contributed by atoms with Gasteiger partial charge < -0.3 is 5.32 Å². The molecule has 1 N–H and O–H groups in total. The summed E-state index contributed by atoms with van der Waals surface area (Å²) in [4.78, 5) is 0. The summed E-state index contributed by atoms with van der Waals surface area (Å²) in [6.45, 7) is 4.42. The molecule has 4 heteroatoms. The van der Waals surface area contributed by atoms with Crippen LogP contribution in [-0.2, 0) is 6.42 Å². The number of nitrogens with one attached hydrogen (secondary N) is 1.